The van der Waals surface area contributed by atoms with Gasteiger partial charge in [-0.15, -0.1) is 0 Å². The second-order valence-corrected chi connectivity index (χ2v) is 8.01. The number of nitrogens with zero attached hydrogens (tertiary/aromatic N) is 2. The summed E-state index contributed by atoms with van der Waals surface area (Å²) in [6.07, 6.45) is 0. The molecule has 0 unspecified atom stereocenters. The Labute approximate surface area is 168 Å². The molecule has 7 nitrogen and oxygen atoms in total. The Morgan fingerprint density at radius 3 is 2.41 bits per heavy atom. The molecule has 0 spiro atoms. The number of para-hydroxylation sites is 1. The highest BCUT2D eigenvalue weighted by molar-refractivity contribution is 7.89. The summed E-state index contributed by atoms with van der Waals surface area (Å²) in [5, 5.41) is 12.5. The van der Waals surface area contributed by atoms with E-state index in [1.807, 2.05) is 54.6 Å². The molecule has 4 aromatic rings. The van der Waals surface area contributed by atoms with Crippen LogP contribution in [0, 0.1) is 0 Å². The fraction of sp³-hybridized carbons (Fsp3) is 0.0476. The van der Waals surface area contributed by atoms with Gasteiger partial charge >= 0.3 is 0 Å². The summed E-state index contributed by atoms with van der Waals surface area (Å²) < 4.78 is 23.2. The molecule has 0 aliphatic rings. The molecule has 0 radical (unpaired) electrons. The van der Waals surface area contributed by atoms with Crippen LogP contribution >= 0.6 is 0 Å². The predicted octanol–water partition coefficient (Wildman–Crippen LogP) is 3.63. The monoisotopic (exact) mass is 405 g/mol. The first kappa shape index (κ1) is 18.9. The van der Waals surface area contributed by atoms with Gasteiger partial charge in [-0.3, -0.25) is 0 Å². The summed E-state index contributed by atoms with van der Waals surface area (Å²) in [5.74, 6) is 1.04. The quantitative estimate of drug-likeness (QED) is 0.452. The molecule has 0 saturated heterocycles. The van der Waals surface area contributed by atoms with Crippen molar-refractivity contribution in [2.24, 2.45) is 5.14 Å². The molecule has 0 saturated carbocycles. The van der Waals surface area contributed by atoms with Crippen LogP contribution in [0.2, 0.25) is 0 Å². The number of sulfonamides is 1. The van der Waals surface area contributed by atoms with Crippen molar-refractivity contribution < 1.29 is 8.42 Å². The topological polar surface area (TPSA) is 110 Å². The molecule has 0 aliphatic carbocycles. The highest BCUT2D eigenvalue weighted by atomic mass is 32.2. The van der Waals surface area contributed by atoms with Gasteiger partial charge < -0.3 is 10.6 Å². The van der Waals surface area contributed by atoms with E-state index in [1.165, 1.54) is 12.1 Å². The van der Waals surface area contributed by atoms with Gasteiger partial charge in [-0.2, -0.15) is 4.98 Å². The van der Waals surface area contributed by atoms with E-state index < -0.39 is 10.0 Å². The maximum Gasteiger partial charge on any atom is 0.238 e. The number of hydrogen-bond donors (Lipinski definition) is 3. The average molecular weight is 405 g/mol. The molecular formula is C21H19N5O2S. The number of nitrogens with one attached hydrogen (secondary N) is 2. The number of aromatic nitrogens is 2. The molecule has 0 atom stereocenters. The minimum atomic E-state index is -3.79. The van der Waals surface area contributed by atoms with Crippen LogP contribution in [0.4, 0.5) is 17.5 Å². The first-order valence-corrected chi connectivity index (χ1v) is 10.5. The molecule has 1 aromatic heterocycles. The minimum Gasteiger partial charge on any atom is -0.365 e. The van der Waals surface area contributed by atoms with Crippen LogP contribution in [0.25, 0.3) is 10.9 Å². The Morgan fingerprint density at radius 2 is 1.62 bits per heavy atom. The lowest BCUT2D eigenvalue weighted by Gasteiger charge is -2.12. The summed E-state index contributed by atoms with van der Waals surface area (Å²) in [6, 6.07) is 23.9. The third-order valence-corrected chi connectivity index (χ3v) is 5.24. The van der Waals surface area contributed by atoms with E-state index >= 15 is 0 Å². The minimum absolute atomic E-state index is 0.0192. The fourth-order valence-electron chi connectivity index (χ4n) is 2.93. The van der Waals surface area contributed by atoms with Gasteiger partial charge in [-0.05, 0) is 35.9 Å². The molecule has 29 heavy (non-hydrogen) atoms. The van der Waals surface area contributed by atoms with Crippen LogP contribution in [0.5, 0.6) is 0 Å². The van der Waals surface area contributed by atoms with E-state index in [2.05, 4.69) is 20.6 Å². The zero-order valence-electron chi connectivity index (χ0n) is 15.4. The van der Waals surface area contributed by atoms with E-state index in [4.69, 9.17) is 5.14 Å². The van der Waals surface area contributed by atoms with Crippen LogP contribution in [-0.2, 0) is 16.6 Å². The van der Waals surface area contributed by atoms with Gasteiger partial charge in [0, 0.05) is 17.6 Å². The Balaban J connectivity index is 1.67. The van der Waals surface area contributed by atoms with Crippen molar-refractivity contribution in [3.05, 3.63) is 84.4 Å². The lowest BCUT2D eigenvalue weighted by atomic mass is 10.2. The highest BCUT2D eigenvalue weighted by Gasteiger charge is 2.11. The zero-order chi connectivity index (χ0) is 20.3. The molecule has 0 aliphatic heterocycles. The molecule has 146 valence electrons. The number of hydrogen-bond acceptors (Lipinski definition) is 6. The first-order valence-electron chi connectivity index (χ1n) is 8.93. The van der Waals surface area contributed by atoms with E-state index in [-0.39, 0.29) is 4.90 Å². The third-order valence-electron chi connectivity index (χ3n) is 4.32. The molecule has 4 rings (SSSR count). The lowest BCUT2D eigenvalue weighted by Crippen LogP contribution is -2.12. The van der Waals surface area contributed by atoms with Crippen LogP contribution < -0.4 is 15.8 Å². The Morgan fingerprint density at radius 1 is 0.862 bits per heavy atom. The summed E-state index contributed by atoms with van der Waals surface area (Å²) in [5.41, 5.74) is 2.43. The van der Waals surface area contributed by atoms with Crippen LogP contribution in [-0.4, -0.2) is 18.4 Å². The number of anilines is 3. The lowest BCUT2D eigenvalue weighted by molar-refractivity contribution is 0.598. The number of primary sulfonamides is 1. The average Bonchev–Trinajstić information content (AvgIpc) is 2.72. The predicted molar refractivity (Wildman–Crippen MR) is 114 cm³/mol. The maximum atomic E-state index is 11.6. The second-order valence-electron chi connectivity index (χ2n) is 6.45. The van der Waals surface area contributed by atoms with Crippen molar-refractivity contribution >= 4 is 38.4 Å². The van der Waals surface area contributed by atoms with Gasteiger partial charge in [0.05, 0.1) is 10.4 Å². The fourth-order valence-corrected chi connectivity index (χ4v) is 3.49. The summed E-state index contributed by atoms with van der Waals surface area (Å²) in [7, 11) is -3.79. The van der Waals surface area contributed by atoms with Gasteiger partial charge in [-0.25, -0.2) is 18.5 Å². The number of rotatable bonds is 6. The highest BCUT2D eigenvalue weighted by Crippen LogP contribution is 2.24. The first-order chi connectivity index (χ1) is 14.0. The second kappa shape index (κ2) is 7.86. The zero-order valence-corrected chi connectivity index (χ0v) is 16.2. The van der Waals surface area contributed by atoms with Gasteiger partial charge in [0.1, 0.15) is 5.82 Å². The van der Waals surface area contributed by atoms with Gasteiger partial charge in [0.25, 0.3) is 0 Å². The van der Waals surface area contributed by atoms with Crippen molar-refractivity contribution in [2.75, 3.05) is 10.6 Å². The summed E-state index contributed by atoms with van der Waals surface area (Å²) in [6.45, 7) is 0.613. The smallest absolute Gasteiger partial charge is 0.238 e. The SMILES string of the molecule is NS(=O)(=O)c1cccc(Nc2nc(NCc3ccccc3)c3ccccc3n2)c1. The molecule has 0 fully saturated rings. The normalized spacial score (nSPS) is 11.3. The van der Waals surface area contributed by atoms with Gasteiger partial charge in [0.15, 0.2) is 0 Å². The van der Waals surface area contributed by atoms with Crippen molar-refractivity contribution in [3.8, 4) is 0 Å². The van der Waals surface area contributed by atoms with Crippen LogP contribution in [0.15, 0.2) is 83.8 Å². The molecule has 1 heterocycles. The van der Waals surface area contributed by atoms with Crippen LogP contribution in [0.3, 0.4) is 0 Å². The standard InChI is InChI=1S/C21H19N5O2S/c22-29(27,28)17-10-6-9-16(13-17)24-21-25-19-12-5-4-11-18(19)20(26-21)23-14-15-7-2-1-3-8-15/h1-13H,14H2,(H2,22,27,28)(H2,23,24,25,26). The van der Waals surface area contributed by atoms with Gasteiger partial charge in [-0.1, -0.05) is 48.5 Å². The molecular weight excluding hydrogens is 386 g/mol. The largest absolute Gasteiger partial charge is 0.365 e. The van der Waals surface area contributed by atoms with E-state index in [0.717, 1.165) is 16.5 Å². The van der Waals surface area contributed by atoms with Crippen molar-refractivity contribution in [1.82, 2.24) is 9.97 Å². The molecule has 8 heteroatoms. The molecule has 3 aromatic carbocycles. The Hall–Kier alpha value is -3.49. The Bertz CT molecular complexity index is 1260. The molecule has 0 amide bonds. The number of benzene rings is 3. The van der Waals surface area contributed by atoms with E-state index in [0.29, 0.717) is 24.0 Å². The van der Waals surface area contributed by atoms with Crippen molar-refractivity contribution in [2.45, 2.75) is 11.4 Å². The van der Waals surface area contributed by atoms with E-state index in [9.17, 15) is 8.42 Å². The summed E-state index contributed by atoms with van der Waals surface area (Å²) >= 11 is 0. The van der Waals surface area contributed by atoms with E-state index in [1.54, 1.807) is 12.1 Å². The number of nitrogens with two attached hydrogens (primary N) is 1. The maximum absolute atomic E-state index is 11.6. The molecule has 0 bridgehead atoms. The number of fused-ring (bicyclic) bond motifs is 1. The Kier molecular flexibility index (Phi) is 5.11. The van der Waals surface area contributed by atoms with Crippen LogP contribution in [0.1, 0.15) is 5.56 Å². The van der Waals surface area contributed by atoms with Gasteiger partial charge in [0.2, 0.25) is 16.0 Å². The molecule has 4 N–H and O–H groups in total. The summed E-state index contributed by atoms with van der Waals surface area (Å²) in [4.78, 5) is 9.14. The van der Waals surface area contributed by atoms with Crippen molar-refractivity contribution in [3.63, 3.8) is 0 Å². The third kappa shape index (κ3) is 4.50. The van der Waals surface area contributed by atoms with Crippen molar-refractivity contribution in [1.29, 1.82) is 0 Å².